The molecule has 2 aromatic carbocycles. The standard InChI is InChI=1S/C16H17NO4/c1-19-13-6-3-11(4-7-13)10-21-15-9-12(17)5-8-14(15)16(18)20-2/h3-9H,10,17H2,1-2H3. The van der Waals surface area contributed by atoms with E-state index in [1.165, 1.54) is 7.11 Å². The molecule has 0 aliphatic carbocycles. The van der Waals surface area contributed by atoms with Gasteiger partial charge in [0, 0.05) is 11.8 Å². The Kier molecular flexibility index (Phi) is 4.66. The van der Waals surface area contributed by atoms with Crippen LogP contribution in [0.15, 0.2) is 42.5 Å². The second kappa shape index (κ2) is 6.65. The van der Waals surface area contributed by atoms with Crippen molar-refractivity contribution in [3.05, 3.63) is 53.6 Å². The molecule has 0 aliphatic heterocycles. The first-order chi connectivity index (χ1) is 10.1. The fourth-order valence-electron chi connectivity index (χ4n) is 1.82. The van der Waals surface area contributed by atoms with E-state index >= 15 is 0 Å². The van der Waals surface area contributed by atoms with Gasteiger partial charge in [-0.25, -0.2) is 4.79 Å². The second-order valence-corrected chi connectivity index (χ2v) is 4.38. The zero-order valence-corrected chi connectivity index (χ0v) is 12.0. The van der Waals surface area contributed by atoms with Crippen molar-refractivity contribution < 1.29 is 19.0 Å². The molecule has 0 radical (unpaired) electrons. The first kappa shape index (κ1) is 14.7. The monoisotopic (exact) mass is 287 g/mol. The quantitative estimate of drug-likeness (QED) is 0.676. The molecule has 0 atom stereocenters. The minimum absolute atomic E-state index is 0.317. The van der Waals surface area contributed by atoms with Gasteiger partial charge in [-0.2, -0.15) is 0 Å². The van der Waals surface area contributed by atoms with E-state index in [1.807, 2.05) is 24.3 Å². The SMILES string of the molecule is COC(=O)c1ccc(N)cc1OCc1ccc(OC)cc1. The number of carbonyl (C=O) groups is 1. The van der Waals surface area contributed by atoms with Crippen LogP contribution < -0.4 is 15.2 Å². The Hall–Kier alpha value is -2.69. The predicted molar refractivity (Wildman–Crippen MR) is 79.5 cm³/mol. The Morgan fingerprint density at radius 3 is 2.43 bits per heavy atom. The highest BCUT2D eigenvalue weighted by atomic mass is 16.5. The number of esters is 1. The van der Waals surface area contributed by atoms with Crippen molar-refractivity contribution in [2.24, 2.45) is 0 Å². The number of hydrogen-bond acceptors (Lipinski definition) is 5. The third kappa shape index (κ3) is 3.66. The number of benzene rings is 2. The third-order valence-corrected chi connectivity index (χ3v) is 2.96. The smallest absolute Gasteiger partial charge is 0.341 e. The van der Waals surface area contributed by atoms with Crippen LogP contribution in [0.1, 0.15) is 15.9 Å². The average molecular weight is 287 g/mol. The van der Waals surface area contributed by atoms with Crippen LogP contribution >= 0.6 is 0 Å². The van der Waals surface area contributed by atoms with E-state index in [-0.39, 0.29) is 0 Å². The third-order valence-electron chi connectivity index (χ3n) is 2.96. The minimum atomic E-state index is -0.459. The number of methoxy groups -OCH3 is 2. The van der Waals surface area contributed by atoms with Crippen LogP contribution in [0.25, 0.3) is 0 Å². The molecule has 2 rings (SSSR count). The van der Waals surface area contributed by atoms with Crippen molar-refractivity contribution in [2.45, 2.75) is 6.61 Å². The van der Waals surface area contributed by atoms with E-state index < -0.39 is 5.97 Å². The summed E-state index contributed by atoms with van der Waals surface area (Å²) in [6, 6.07) is 12.3. The van der Waals surface area contributed by atoms with Gasteiger partial charge in [-0.05, 0) is 29.8 Å². The normalized spacial score (nSPS) is 10.0. The van der Waals surface area contributed by atoms with Gasteiger partial charge in [0.1, 0.15) is 23.7 Å². The lowest BCUT2D eigenvalue weighted by Gasteiger charge is -2.11. The zero-order valence-electron chi connectivity index (χ0n) is 12.0. The first-order valence-electron chi connectivity index (χ1n) is 6.37. The van der Waals surface area contributed by atoms with Gasteiger partial charge in [0.15, 0.2) is 0 Å². The fraction of sp³-hybridized carbons (Fsp3) is 0.188. The molecule has 0 unspecified atom stereocenters. The lowest BCUT2D eigenvalue weighted by atomic mass is 10.2. The first-order valence-corrected chi connectivity index (χ1v) is 6.37. The molecule has 5 heteroatoms. The van der Waals surface area contributed by atoms with Crippen molar-refractivity contribution in [2.75, 3.05) is 20.0 Å². The molecule has 0 spiro atoms. The number of nitrogens with two attached hydrogens (primary N) is 1. The topological polar surface area (TPSA) is 70.8 Å². The van der Waals surface area contributed by atoms with Crippen molar-refractivity contribution >= 4 is 11.7 Å². The Labute approximate surface area is 123 Å². The molecule has 21 heavy (non-hydrogen) atoms. The second-order valence-electron chi connectivity index (χ2n) is 4.38. The van der Waals surface area contributed by atoms with Crippen LogP contribution in [-0.4, -0.2) is 20.2 Å². The predicted octanol–water partition coefficient (Wildman–Crippen LogP) is 2.64. The highest BCUT2D eigenvalue weighted by Gasteiger charge is 2.13. The number of hydrogen-bond donors (Lipinski definition) is 1. The summed E-state index contributed by atoms with van der Waals surface area (Å²) in [6.07, 6.45) is 0. The highest BCUT2D eigenvalue weighted by molar-refractivity contribution is 5.93. The van der Waals surface area contributed by atoms with Crippen molar-refractivity contribution in [1.82, 2.24) is 0 Å². The summed E-state index contributed by atoms with van der Waals surface area (Å²) in [6.45, 7) is 0.317. The molecule has 0 aromatic heterocycles. The van der Waals surface area contributed by atoms with Crippen molar-refractivity contribution in [3.8, 4) is 11.5 Å². The molecule has 110 valence electrons. The van der Waals surface area contributed by atoms with E-state index in [9.17, 15) is 4.79 Å². The molecule has 0 heterocycles. The zero-order chi connectivity index (χ0) is 15.2. The fourth-order valence-corrected chi connectivity index (χ4v) is 1.82. The number of anilines is 1. The Morgan fingerprint density at radius 1 is 1.10 bits per heavy atom. The van der Waals surface area contributed by atoms with Crippen LogP contribution in [0.2, 0.25) is 0 Å². The van der Waals surface area contributed by atoms with E-state index in [1.54, 1.807) is 25.3 Å². The molecule has 0 aliphatic rings. The lowest BCUT2D eigenvalue weighted by Crippen LogP contribution is -2.06. The molecule has 0 bridgehead atoms. The Bertz CT molecular complexity index is 623. The van der Waals surface area contributed by atoms with Crippen LogP contribution in [-0.2, 0) is 11.3 Å². The molecule has 5 nitrogen and oxygen atoms in total. The summed E-state index contributed by atoms with van der Waals surface area (Å²) >= 11 is 0. The maximum atomic E-state index is 11.7. The van der Waals surface area contributed by atoms with E-state index in [4.69, 9.17) is 19.9 Å². The number of ether oxygens (including phenoxy) is 3. The average Bonchev–Trinajstić information content (AvgIpc) is 2.52. The van der Waals surface area contributed by atoms with Gasteiger partial charge < -0.3 is 19.9 Å². The van der Waals surface area contributed by atoms with Gasteiger partial charge in [-0.1, -0.05) is 12.1 Å². The highest BCUT2D eigenvalue weighted by Crippen LogP contribution is 2.24. The van der Waals surface area contributed by atoms with Gasteiger partial charge in [-0.15, -0.1) is 0 Å². The lowest BCUT2D eigenvalue weighted by molar-refractivity contribution is 0.0595. The summed E-state index contributed by atoms with van der Waals surface area (Å²) in [7, 11) is 2.94. The molecular weight excluding hydrogens is 270 g/mol. The van der Waals surface area contributed by atoms with E-state index in [0.29, 0.717) is 23.6 Å². The molecule has 0 fully saturated rings. The van der Waals surface area contributed by atoms with Gasteiger partial charge in [-0.3, -0.25) is 0 Å². The van der Waals surface area contributed by atoms with Crippen LogP contribution in [0, 0.1) is 0 Å². The van der Waals surface area contributed by atoms with Crippen LogP contribution in [0.5, 0.6) is 11.5 Å². The molecule has 0 saturated carbocycles. The molecule has 0 amide bonds. The largest absolute Gasteiger partial charge is 0.497 e. The van der Waals surface area contributed by atoms with Gasteiger partial charge in [0.05, 0.1) is 14.2 Å². The number of rotatable bonds is 5. The molecular formula is C16H17NO4. The van der Waals surface area contributed by atoms with Gasteiger partial charge >= 0.3 is 5.97 Å². The summed E-state index contributed by atoms with van der Waals surface area (Å²) in [5.41, 5.74) is 7.55. The van der Waals surface area contributed by atoms with Gasteiger partial charge in [0.2, 0.25) is 0 Å². The maximum absolute atomic E-state index is 11.7. The summed E-state index contributed by atoms with van der Waals surface area (Å²) in [4.78, 5) is 11.7. The van der Waals surface area contributed by atoms with Gasteiger partial charge in [0.25, 0.3) is 0 Å². The van der Waals surface area contributed by atoms with Crippen molar-refractivity contribution in [3.63, 3.8) is 0 Å². The summed E-state index contributed by atoms with van der Waals surface area (Å²) in [5, 5.41) is 0. The maximum Gasteiger partial charge on any atom is 0.341 e. The molecule has 0 saturated heterocycles. The summed E-state index contributed by atoms with van der Waals surface area (Å²) < 4.78 is 15.5. The van der Waals surface area contributed by atoms with Crippen LogP contribution in [0.3, 0.4) is 0 Å². The number of nitrogen functional groups attached to an aromatic ring is 1. The minimum Gasteiger partial charge on any atom is -0.497 e. The Balaban J connectivity index is 2.14. The van der Waals surface area contributed by atoms with Crippen LogP contribution in [0.4, 0.5) is 5.69 Å². The van der Waals surface area contributed by atoms with E-state index in [2.05, 4.69) is 0 Å². The number of carbonyl (C=O) groups excluding carboxylic acids is 1. The molecule has 2 aromatic rings. The van der Waals surface area contributed by atoms with E-state index in [0.717, 1.165) is 11.3 Å². The Morgan fingerprint density at radius 2 is 1.81 bits per heavy atom. The summed E-state index contributed by atoms with van der Waals surface area (Å²) in [5.74, 6) is 0.718. The van der Waals surface area contributed by atoms with Crippen molar-refractivity contribution in [1.29, 1.82) is 0 Å². The molecule has 2 N–H and O–H groups in total.